The highest BCUT2D eigenvalue weighted by atomic mass is 35.5. The molecule has 2 aromatic carbocycles. The summed E-state index contributed by atoms with van der Waals surface area (Å²) < 4.78 is 0. The molecule has 0 spiro atoms. The normalized spacial score (nSPS) is 15.9. The molecule has 0 fully saturated rings. The Balaban J connectivity index is 1.65. The van der Waals surface area contributed by atoms with E-state index in [2.05, 4.69) is 16.0 Å². The number of benzene rings is 2. The van der Waals surface area contributed by atoms with Crippen molar-refractivity contribution >= 4 is 46.6 Å². The Bertz CT molecular complexity index is 828. The van der Waals surface area contributed by atoms with Gasteiger partial charge in [-0.05, 0) is 36.4 Å². The van der Waals surface area contributed by atoms with Gasteiger partial charge >= 0.3 is 0 Å². The van der Waals surface area contributed by atoms with Crippen LogP contribution in [0, 0.1) is 0 Å². The smallest absolute Gasteiger partial charge is 0.238 e. The minimum atomic E-state index is -0.468. The van der Waals surface area contributed by atoms with Gasteiger partial charge < -0.3 is 16.0 Å². The number of carbonyl (C=O) groups is 2. The van der Waals surface area contributed by atoms with Crippen LogP contribution >= 0.6 is 23.4 Å². The van der Waals surface area contributed by atoms with Crippen LogP contribution in [0.15, 0.2) is 47.4 Å². The topological polar surface area (TPSA) is 70.2 Å². The molecule has 3 N–H and O–H groups in total. The molecule has 26 heavy (non-hydrogen) atoms. The monoisotopic (exact) mass is 389 g/mol. The van der Waals surface area contributed by atoms with Crippen molar-refractivity contribution in [1.82, 2.24) is 5.32 Å². The molecular weight excluding hydrogens is 370 g/mol. The average molecular weight is 390 g/mol. The second kappa shape index (κ2) is 8.58. The van der Waals surface area contributed by atoms with Crippen molar-refractivity contribution < 1.29 is 9.59 Å². The summed E-state index contributed by atoms with van der Waals surface area (Å²) in [6.07, 6.45) is 0.105. The zero-order valence-electron chi connectivity index (χ0n) is 14.3. The number of fused-ring (bicyclic) bond motifs is 1. The maximum absolute atomic E-state index is 12.5. The van der Waals surface area contributed by atoms with Crippen molar-refractivity contribution in [3.63, 3.8) is 0 Å². The summed E-state index contributed by atoms with van der Waals surface area (Å²) in [5.41, 5.74) is 2.48. The summed E-state index contributed by atoms with van der Waals surface area (Å²) in [5, 5.41) is 9.10. The van der Waals surface area contributed by atoms with Crippen LogP contribution in [0.5, 0.6) is 0 Å². The molecule has 3 rings (SSSR count). The third kappa shape index (κ3) is 4.58. The molecule has 5 nitrogen and oxygen atoms in total. The highest BCUT2D eigenvalue weighted by Crippen LogP contribution is 2.38. The quantitative estimate of drug-likeness (QED) is 0.701. The molecule has 136 valence electrons. The zero-order chi connectivity index (χ0) is 18.5. The molecule has 0 aromatic heterocycles. The minimum Gasteiger partial charge on any atom is -0.326 e. The third-order valence-corrected chi connectivity index (χ3v) is 5.50. The maximum Gasteiger partial charge on any atom is 0.238 e. The maximum atomic E-state index is 12.5. The Hall–Kier alpha value is -2.02. The standard InChI is InChI=1S/C19H20ClN3O2S/c1-2-21-11-12-5-3-4-6-14(12)22-18(24)10-17-19(25)23-15-9-13(20)7-8-16(15)26-17/h3-9,17,21H,2,10-11H2,1H3,(H,22,24)(H,23,25). The second-order valence-electron chi connectivity index (χ2n) is 5.93. The molecule has 0 aliphatic carbocycles. The second-order valence-corrected chi connectivity index (χ2v) is 7.61. The van der Waals surface area contributed by atoms with Gasteiger partial charge in [0.1, 0.15) is 0 Å². The van der Waals surface area contributed by atoms with Gasteiger partial charge in [-0.15, -0.1) is 11.8 Å². The molecule has 2 aromatic rings. The lowest BCUT2D eigenvalue weighted by molar-refractivity contribution is -0.120. The Morgan fingerprint density at radius 1 is 1.27 bits per heavy atom. The van der Waals surface area contributed by atoms with Crippen LogP contribution in [0.3, 0.4) is 0 Å². The predicted octanol–water partition coefficient (Wildman–Crippen LogP) is 3.89. The first-order chi connectivity index (χ1) is 12.6. The van der Waals surface area contributed by atoms with Crippen LogP contribution in [-0.2, 0) is 16.1 Å². The van der Waals surface area contributed by atoms with Crippen molar-refractivity contribution in [1.29, 1.82) is 0 Å². The largest absolute Gasteiger partial charge is 0.326 e. The van der Waals surface area contributed by atoms with Crippen LogP contribution in [0.4, 0.5) is 11.4 Å². The fraction of sp³-hybridized carbons (Fsp3) is 0.263. The van der Waals surface area contributed by atoms with Crippen LogP contribution in [0.1, 0.15) is 18.9 Å². The summed E-state index contributed by atoms with van der Waals surface area (Å²) in [4.78, 5) is 25.7. The Morgan fingerprint density at radius 3 is 2.88 bits per heavy atom. The molecule has 0 radical (unpaired) electrons. The van der Waals surface area contributed by atoms with E-state index >= 15 is 0 Å². The van der Waals surface area contributed by atoms with Gasteiger partial charge in [0.05, 0.1) is 10.9 Å². The van der Waals surface area contributed by atoms with Gasteiger partial charge in [0, 0.05) is 28.6 Å². The fourth-order valence-electron chi connectivity index (χ4n) is 2.68. The van der Waals surface area contributed by atoms with Gasteiger partial charge in [-0.25, -0.2) is 0 Å². The van der Waals surface area contributed by atoms with E-state index in [-0.39, 0.29) is 18.2 Å². The molecule has 1 aliphatic heterocycles. The molecule has 0 bridgehead atoms. The van der Waals surface area contributed by atoms with Crippen molar-refractivity contribution in [2.24, 2.45) is 0 Å². The Labute approximate surface area is 161 Å². The van der Waals surface area contributed by atoms with E-state index in [1.54, 1.807) is 12.1 Å². The number of anilines is 2. The Kier molecular flexibility index (Phi) is 6.19. The summed E-state index contributed by atoms with van der Waals surface area (Å²) in [5.74, 6) is -0.361. The first-order valence-corrected chi connectivity index (χ1v) is 9.68. The van der Waals surface area contributed by atoms with Gasteiger partial charge in [-0.1, -0.05) is 36.7 Å². The summed E-state index contributed by atoms with van der Waals surface area (Å²) in [6, 6.07) is 13.0. The number of thioether (sulfide) groups is 1. The van der Waals surface area contributed by atoms with Crippen LogP contribution in [-0.4, -0.2) is 23.6 Å². The zero-order valence-corrected chi connectivity index (χ0v) is 15.9. The van der Waals surface area contributed by atoms with E-state index in [0.717, 1.165) is 22.7 Å². The lowest BCUT2D eigenvalue weighted by Gasteiger charge is -2.24. The van der Waals surface area contributed by atoms with E-state index in [0.29, 0.717) is 17.3 Å². The van der Waals surface area contributed by atoms with Gasteiger partial charge in [0.25, 0.3) is 0 Å². The van der Waals surface area contributed by atoms with Gasteiger partial charge in [0.15, 0.2) is 0 Å². The van der Waals surface area contributed by atoms with Crippen molar-refractivity contribution in [2.45, 2.75) is 30.0 Å². The average Bonchev–Trinajstić information content (AvgIpc) is 2.62. The third-order valence-electron chi connectivity index (χ3n) is 3.99. The van der Waals surface area contributed by atoms with Crippen molar-refractivity contribution in [3.8, 4) is 0 Å². The number of amides is 2. The SMILES string of the molecule is CCNCc1ccccc1NC(=O)CC1Sc2ccc(Cl)cc2NC1=O. The first-order valence-electron chi connectivity index (χ1n) is 8.42. The van der Waals surface area contributed by atoms with E-state index in [4.69, 9.17) is 11.6 Å². The van der Waals surface area contributed by atoms with E-state index < -0.39 is 5.25 Å². The molecule has 2 amide bonds. The number of halogens is 1. The highest BCUT2D eigenvalue weighted by Gasteiger charge is 2.29. The van der Waals surface area contributed by atoms with E-state index in [9.17, 15) is 9.59 Å². The molecule has 1 aliphatic rings. The predicted molar refractivity (Wildman–Crippen MR) is 107 cm³/mol. The number of para-hydroxylation sites is 1. The van der Waals surface area contributed by atoms with Gasteiger partial charge in [-0.3, -0.25) is 9.59 Å². The lowest BCUT2D eigenvalue weighted by Crippen LogP contribution is -2.32. The van der Waals surface area contributed by atoms with Crippen molar-refractivity contribution in [2.75, 3.05) is 17.2 Å². The highest BCUT2D eigenvalue weighted by molar-refractivity contribution is 8.01. The van der Waals surface area contributed by atoms with Crippen molar-refractivity contribution in [3.05, 3.63) is 53.1 Å². The minimum absolute atomic E-state index is 0.105. The number of nitrogens with one attached hydrogen (secondary N) is 3. The summed E-state index contributed by atoms with van der Waals surface area (Å²) in [7, 11) is 0. The van der Waals surface area contributed by atoms with Gasteiger partial charge in [-0.2, -0.15) is 0 Å². The molecular formula is C19H20ClN3O2S. The molecule has 7 heteroatoms. The number of rotatable bonds is 6. The van der Waals surface area contributed by atoms with Gasteiger partial charge in [0.2, 0.25) is 11.8 Å². The van der Waals surface area contributed by atoms with Crippen LogP contribution in [0.2, 0.25) is 5.02 Å². The lowest BCUT2D eigenvalue weighted by atomic mass is 10.1. The van der Waals surface area contributed by atoms with E-state index in [1.165, 1.54) is 11.8 Å². The number of hydrogen-bond donors (Lipinski definition) is 3. The van der Waals surface area contributed by atoms with Crippen LogP contribution < -0.4 is 16.0 Å². The molecule has 1 atom stereocenters. The Morgan fingerprint density at radius 2 is 2.08 bits per heavy atom. The molecule has 1 heterocycles. The van der Waals surface area contributed by atoms with E-state index in [1.807, 2.05) is 37.3 Å². The summed E-state index contributed by atoms with van der Waals surface area (Å²) in [6.45, 7) is 3.56. The molecule has 0 saturated carbocycles. The fourth-order valence-corrected chi connectivity index (χ4v) is 3.95. The first kappa shape index (κ1) is 18.8. The van der Waals surface area contributed by atoms with Crippen LogP contribution in [0.25, 0.3) is 0 Å². The number of hydrogen-bond acceptors (Lipinski definition) is 4. The number of carbonyl (C=O) groups excluding carboxylic acids is 2. The molecule has 0 saturated heterocycles. The molecule has 1 unspecified atom stereocenters. The summed E-state index contributed by atoms with van der Waals surface area (Å²) >= 11 is 7.34.